The molecule has 0 radical (unpaired) electrons. The molecule has 38 heavy (non-hydrogen) atoms. The summed E-state index contributed by atoms with van der Waals surface area (Å²) in [5.41, 5.74) is 1.33. The Morgan fingerprint density at radius 2 is 1.21 bits per heavy atom. The highest BCUT2D eigenvalue weighted by Crippen LogP contribution is 2.38. The Morgan fingerprint density at radius 1 is 0.684 bits per heavy atom. The number of aliphatic carboxylic acids is 2. The average Bonchev–Trinajstić information content (AvgIpc) is 2.87. The molecule has 0 atom stereocenters. The molecule has 0 fully saturated rings. The van der Waals surface area contributed by atoms with Crippen LogP contribution in [0, 0.1) is 0 Å². The molecule has 0 aliphatic rings. The molecule has 11 heteroatoms. The van der Waals surface area contributed by atoms with Crippen molar-refractivity contribution in [2.24, 2.45) is 0 Å². The number of rotatable bonds is 10. The lowest BCUT2D eigenvalue weighted by atomic mass is 10.0. The van der Waals surface area contributed by atoms with Crippen LogP contribution in [0.5, 0.6) is 0 Å². The first-order valence-corrected chi connectivity index (χ1v) is 13.5. The Hall–Kier alpha value is -3.79. The molecule has 2 N–H and O–H groups in total. The van der Waals surface area contributed by atoms with Gasteiger partial charge in [0.25, 0.3) is 10.0 Å². The average molecular weight is 573 g/mol. The van der Waals surface area contributed by atoms with Gasteiger partial charge < -0.3 is 15.1 Å². The smallest absolute Gasteiger partial charge is 0.324 e. The van der Waals surface area contributed by atoms with E-state index in [2.05, 4.69) is 0 Å². The first-order chi connectivity index (χ1) is 18.1. The van der Waals surface area contributed by atoms with Gasteiger partial charge in [-0.15, -0.1) is 0 Å². The molecule has 0 aliphatic heterocycles. The van der Waals surface area contributed by atoms with Gasteiger partial charge >= 0.3 is 11.9 Å². The number of sulfonamides is 1. The van der Waals surface area contributed by atoms with Gasteiger partial charge in [0.15, 0.2) is 0 Å². The number of carbonyl (C=O) groups is 2. The minimum atomic E-state index is -4.38. The molecule has 0 heterocycles. The molecule has 196 valence electrons. The van der Waals surface area contributed by atoms with E-state index in [0.717, 1.165) is 4.31 Å². The molecule has 0 aliphatic carbocycles. The maximum atomic E-state index is 13.7. The lowest BCUT2D eigenvalue weighted by molar-refractivity contribution is -0.136. The number of hydrogen-bond acceptors (Lipinski definition) is 5. The van der Waals surface area contributed by atoms with Crippen LogP contribution in [0.25, 0.3) is 10.8 Å². The van der Waals surface area contributed by atoms with E-state index in [1.54, 1.807) is 65.6 Å². The van der Waals surface area contributed by atoms with Crippen molar-refractivity contribution in [3.8, 4) is 0 Å². The topological polar surface area (TPSA) is 115 Å². The summed E-state index contributed by atoms with van der Waals surface area (Å²) in [5, 5.41) is 20.6. The molecule has 0 saturated heterocycles. The number of halogens is 2. The Bertz CT molecular complexity index is 1630. The first kappa shape index (κ1) is 27.3. The molecule has 0 aromatic heterocycles. The monoisotopic (exact) mass is 572 g/mol. The zero-order valence-electron chi connectivity index (χ0n) is 19.8. The van der Waals surface area contributed by atoms with Crippen molar-refractivity contribution in [3.63, 3.8) is 0 Å². The number of benzene rings is 4. The van der Waals surface area contributed by atoms with E-state index in [1.807, 2.05) is 0 Å². The minimum absolute atomic E-state index is 0.0452. The fourth-order valence-electron chi connectivity index (χ4n) is 4.18. The molecule has 0 spiro atoms. The summed E-state index contributed by atoms with van der Waals surface area (Å²) in [6.07, 6.45) is 0. The molecule has 0 bridgehead atoms. The third-order valence-electron chi connectivity index (χ3n) is 5.82. The SMILES string of the molecule is O=C(O)CN(Cc1ccccc1Cl)c1ccc(N(CC(=O)O)S(=O)(=O)c2ccccc2Cl)c2ccccc12. The quantitative estimate of drug-likeness (QED) is 0.257. The Kier molecular flexibility index (Phi) is 8.11. The minimum Gasteiger partial charge on any atom is -0.480 e. The van der Waals surface area contributed by atoms with Crippen LogP contribution in [0.3, 0.4) is 0 Å². The summed E-state index contributed by atoms with van der Waals surface area (Å²) in [7, 11) is -4.38. The maximum Gasteiger partial charge on any atom is 0.324 e. The van der Waals surface area contributed by atoms with Gasteiger partial charge in [-0.25, -0.2) is 8.42 Å². The second-order valence-corrected chi connectivity index (χ2v) is 11.0. The molecule has 4 aromatic rings. The van der Waals surface area contributed by atoms with Gasteiger partial charge in [0.2, 0.25) is 0 Å². The molecular weight excluding hydrogens is 551 g/mol. The summed E-state index contributed by atoms with van der Waals surface area (Å²) in [6.45, 7) is -1.03. The van der Waals surface area contributed by atoms with Gasteiger partial charge in [-0.2, -0.15) is 0 Å². The lowest BCUT2D eigenvalue weighted by Crippen LogP contribution is -2.36. The normalized spacial score (nSPS) is 11.3. The highest BCUT2D eigenvalue weighted by Gasteiger charge is 2.31. The Morgan fingerprint density at radius 3 is 1.82 bits per heavy atom. The molecule has 4 aromatic carbocycles. The number of carboxylic acid groups (broad SMARTS) is 2. The van der Waals surface area contributed by atoms with Gasteiger partial charge in [0.1, 0.15) is 18.0 Å². The van der Waals surface area contributed by atoms with Crippen LogP contribution in [0.1, 0.15) is 5.56 Å². The summed E-state index contributed by atoms with van der Waals surface area (Å²) in [6, 6.07) is 22.7. The van der Waals surface area contributed by atoms with Gasteiger partial charge in [0, 0.05) is 28.0 Å². The lowest BCUT2D eigenvalue weighted by Gasteiger charge is -2.28. The van der Waals surface area contributed by atoms with E-state index < -0.39 is 28.5 Å². The predicted octanol–water partition coefficient (Wildman–Crippen LogP) is 5.52. The van der Waals surface area contributed by atoms with Crippen molar-refractivity contribution in [1.29, 1.82) is 0 Å². The molecule has 0 saturated carbocycles. The molecular formula is C27H22Cl2N2O6S. The third kappa shape index (κ3) is 5.70. The number of nitrogens with zero attached hydrogens (tertiary/aromatic N) is 2. The first-order valence-electron chi connectivity index (χ1n) is 11.3. The van der Waals surface area contributed by atoms with Gasteiger partial charge in [-0.05, 0) is 35.9 Å². The van der Waals surface area contributed by atoms with Crippen LogP contribution in [0.15, 0.2) is 89.8 Å². The van der Waals surface area contributed by atoms with Gasteiger partial charge in [0.05, 0.1) is 10.7 Å². The zero-order valence-corrected chi connectivity index (χ0v) is 22.1. The van der Waals surface area contributed by atoms with Crippen molar-refractivity contribution >= 4 is 67.3 Å². The van der Waals surface area contributed by atoms with Crippen LogP contribution in [0.2, 0.25) is 10.0 Å². The summed E-state index contributed by atoms with van der Waals surface area (Å²) in [4.78, 5) is 24.9. The van der Waals surface area contributed by atoms with Crippen LogP contribution in [0.4, 0.5) is 11.4 Å². The third-order valence-corrected chi connectivity index (χ3v) is 8.44. The number of hydrogen-bond donors (Lipinski definition) is 2. The summed E-state index contributed by atoms with van der Waals surface area (Å²) >= 11 is 12.5. The second-order valence-electron chi connectivity index (χ2n) is 8.33. The van der Waals surface area contributed by atoms with E-state index in [1.165, 1.54) is 24.3 Å². The predicted molar refractivity (Wildman–Crippen MR) is 148 cm³/mol. The molecule has 0 unspecified atom stereocenters. The maximum absolute atomic E-state index is 13.7. The van der Waals surface area contributed by atoms with Crippen molar-refractivity contribution in [1.82, 2.24) is 0 Å². The van der Waals surface area contributed by atoms with Crippen molar-refractivity contribution < 1.29 is 28.2 Å². The van der Waals surface area contributed by atoms with E-state index in [9.17, 15) is 28.2 Å². The van der Waals surface area contributed by atoms with Crippen LogP contribution < -0.4 is 9.21 Å². The Labute approximate surface area is 229 Å². The van der Waals surface area contributed by atoms with Crippen LogP contribution in [-0.2, 0) is 26.2 Å². The number of anilines is 2. The second kappa shape index (κ2) is 11.3. The fourth-order valence-corrected chi connectivity index (χ4v) is 6.30. The largest absolute Gasteiger partial charge is 0.480 e. The fraction of sp³-hybridized carbons (Fsp3) is 0.111. The zero-order chi connectivity index (χ0) is 27.4. The van der Waals surface area contributed by atoms with Crippen molar-refractivity contribution in [3.05, 3.63) is 101 Å². The van der Waals surface area contributed by atoms with E-state index in [0.29, 0.717) is 27.0 Å². The standard InChI is InChI=1S/C27H22Cl2N2O6S/c28-21-10-4-1-7-18(21)15-30(16-26(32)33)23-13-14-24(20-9-3-2-8-19(20)23)31(17-27(34)35)38(36,37)25-12-6-5-11-22(25)29/h1-14H,15-17H2,(H,32,33)(H,34,35). The highest BCUT2D eigenvalue weighted by atomic mass is 35.5. The molecule has 4 rings (SSSR count). The van der Waals surface area contributed by atoms with E-state index in [4.69, 9.17) is 23.2 Å². The summed E-state index contributed by atoms with van der Waals surface area (Å²) < 4.78 is 28.1. The Balaban J connectivity index is 1.90. The van der Waals surface area contributed by atoms with E-state index >= 15 is 0 Å². The van der Waals surface area contributed by atoms with Gasteiger partial charge in [-0.3, -0.25) is 13.9 Å². The van der Waals surface area contributed by atoms with E-state index in [-0.39, 0.29) is 28.7 Å². The van der Waals surface area contributed by atoms with Crippen LogP contribution in [-0.4, -0.2) is 43.7 Å². The molecule has 8 nitrogen and oxygen atoms in total. The van der Waals surface area contributed by atoms with Gasteiger partial charge in [-0.1, -0.05) is 77.8 Å². The highest BCUT2D eigenvalue weighted by molar-refractivity contribution is 7.93. The number of carboxylic acids is 2. The summed E-state index contributed by atoms with van der Waals surface area (Å²) in [5.74, 6) is -2.43. The molecule has 0 amide bonds. The van der Waals surface area contributed by atoms with Crippen molar-refractivity contribution in [2.75, 3.05) is 22.3 Å². The van der Waals surface area contributed by atoms with Crippen LogP contribution >= 0.6 is 23.2 Å². The van der Waals surface area contributed by atoms with Crippen molar-refractivity contribution in [2.45, 2.75) is 11.4 Å². The number of fused-ring (bicyclic) bond motifs is 1.